The fraction of sp³-hybridized carbons (Fsp3) is 0.0435. The summed E-state index contributed by atoms with van der Waals surface area (Å²) in [7, 11) is 0. The third-order valence-corrected chi connectivity index (χ3v) is 5.81. The monoisotopic (exact) mass is 372 g/mol. The number of hydrogen-bond donors (Lipinski definition) is 3. The summed E-state index contributed by atoms with van der Waals surface area (Å²) in [4.78, 5) is 5.77. The van der Waals surface area contributed by atoms with Crippen LogP contribution in [0, 0.1) is 0 Å². The van der Waals surface area contributed by atoms with Gasteiger partial charge in [0.05, 0.1) is 0 Å². The molecule has 3 N–H and O–H groups in total. The fourth-order valence-electron chi connectivity index (χ4n) is 3.86. The zero-order chi connectivity index (χ0) is 18.4. The van der Waals surface area contributed by atoms with Gasteiger partial charge in [0.15, 0.2) is 0 Å². The van der Waals surface area contributed by atoms with Crippen molar-refractivity contribution in [2.45, 2.75) is 4.87 Å². The lowest BCUT2D eigenvalue weighted by molar-refractivity contribution is 0.475. The maximum Gasteiger partial charge on any atom is 0.123 e. The number of halogens is 1. The van der Waals surface area contributed by atoms with E-state index in [-0.39, 0.29) is 5.75 Å². The third-order valence-electron chi connectivity index (χ3n) is 5.19. The fourth-order valence-corrected chi connectivity index (χ4v) is 4.30. The Bertz CT molecular complexity index is 1180. The zero-order valence-electron chi connectivity index (χ0n) is 14.4. The average molecular weight is 373 g/mol. The van der Waals surface area contributed by atoms with Crippen LogP contribution in [0.25, 0.3) is 21.8 Å². The molecule has 0 unspecified atom stereocenters. The van der Waals surface area contributed by atoms with Crippen molar-refractivity contribution in [3.05, 3.63) is 102 Å². The van der Waals surface area contributed by atoms with Gasteiger partial charge in [-0.1, -0.05) is 48.5 Å². The van der Waals surface area contributed by atoms with E-state index >= 15 is 0 Å². The maximum absolute atomic E-state index is 9.77. The number of para-hydroxylation sites is 2. The molecule has 2 aromatic heterocycles. The molecule has 3 nitrogen and oxygen atoms in total. The van der Waals surface area contributed by atoms with Crippen molar-refractivity contribution in [1.82, 2.24) is 9.97 Å². The highest BCUT2D eigenvalue weighted by Crippen LogP contribution is 2.48. The lowest BCUT2D eigenvalue weighted by Gasteiger charge is -2.28. The molecule has 0 radical (unpaired) electrons. The van der Waals surface area contributed by atoms with E-state index in [1.165, 1.54) is 0 Å². The standard InChI is InChI=1S/C23H17ClN2O/c24-23(15-9-11-16(27)12-10-15,19-13-25-21-7-3-1-5-17(19)21)20-14-26-22-8-4-2-6-18(20)22/h1-14,25-27H. The highest BCUT2D eigenvalue weighted by molar-refractivity contribution is 6.30. The first-order valence-corrected chi connectivity index (χ1v) is 9.17. The normalized spacial score (nSPS) is 12.0. The van der Waals surface area contributed by atoms with Gasteiger partial charge in [-0.3, -0.25) is 0 Å². The number of benzene rings is 3. The molecule has 0 bridgehead atoms. The summed E-state index contributed by atoms with van der Waals surface area (Å²) >= 11 is 7.49. The van der Waals surface area contributed by atoms with Gasteiger partial charge in [-0.05, 0) is 29.8 Å². The van der Waals surface area contributed by atoms with Crippen LogP contribution in [0.1, 0.15) is 16.7 Å². The quantitative estimate of drug-likeness (QED) is 0.340. The van der Waals surface area contributed by atoms with Crippen molar-refractivity contribution >= 4 is 33.4 Å². The van der Waals surface area contributed by atoms with Crippen molar-refractivity contribution in [2.75, 3.05) is 0 Å². The van der Waals surface area contributed by atoms with Crippen molar-refractivity contribution in [3.63, 3.8) is 0 Å². The largest absolute Gasteiger partial charge is 0.508 e. The molecule has 4 heteroatoms. The maximum atomic E-state index is 9.77. The molecular formula is C23H17ClN2O. The molecule has 0 fully saturated rings. The summed E-state index contributed by atoms with van der Waals surface area (Å²) in [5.41, 5.74) is 4.94. The molecule has 0 saturated heterocycles. The number of rotatable bonds is 3. The Morgan fingerprint density at radius 2 is 1.15 bits per heavy atom. The number of alkyl halides is 1. The predicted octanol–water partition coefficient (Wildman–Crippen LogP) is 5.89. The van der Waals surface area contributed by atoms with Crippen LogP contribution in [0.2, 0.25) is 0 Å². The number of aromatic nitrogens is 2. The summed E-state index contributed by atoms with van der Waals surface area (Å²) < 4.78 is 0. The van der Waals surface area contributed by atoms with Crippen molar-refractivity contribution in [3.8, 4) is 5.75 Å². The molecule has 0 atom stereocenters. The van der Waals surface area contributed by atoms with E-state index < -0.39 is 4.87 Å². The Morgan fingerprint density at radius 3 is 1.67 bits per heavy atom. The van der Waals surface area contributed by atoms with Gasteiger partial charge in [-0.15, -0.1) is 11.6 Å². The van der Waals surface area contributed by atoms with Crippen LogP contribution in [0.3, 0.4) is 0 Å². The van der Waals surface area contributed by atoms with Crippen LogP contribution < -0.4 is 0 Å². The van der Waals surface area contributed by atoms with Crippen molar-refractivity contribution < 1.29 is 5.11 Å². The molecule has 0 spiro atoms. The molecule has 132 valence electrons. The van der Waals surface area contributed by atoms with E-state index in [2.05, 4.69) is 22.1 Å². The van der Waals surface area contributed by atoms with Crippen LogP contribution in [0.4, 0.5) is 0 Å². The van der Waals surface area contributed by atoms with E-state index in [9.17, 15) is 5.11 Å². The second-order valence-electron chi connectivity index (χ2n) is 6.70. The number of hydrogen-bond acceptors (Lipinski definition) is 1. The highest BCUT2D eigenvalue weighted by Gasteiger charge is 2.38. The number of phenolic OH excluding ortho intramolecular Hbond substituents is 1. The molecule has 0 saturated carbocycles. The first-order valence-electron chi connectivity index (χ1n) is 8.79. The van der Waals surface area contributed by atoms with Crippen LogP contribution in [-0.2, 0) is 4.87 Å². The van der Waals surface area contributed by atoms with E-state index in [1.807, 2.05) is 60.9 Å². The minimum absolute atomic E-state index is 0.218. The minimum Gasteiger partial charge on any atom is -0.508 e. The van der Waals surface area contributed by atoms with Gasteiger partial charge in [0.2, 0.25) is 0 Å². The van der Waals surface area contributed by atoms with Gasteiger partial charge < -0.3 is 15.1 Å². The summed E-state index contributed by atoms with van der Waals surface area (Å²) in [6, 6.07) is 23.4. The van der Waals surface area contributed by atoms with E-state index in [0.29, 0.717) is 0 Å². The van der Waals surface area contributed by atoms with Gasteiger partial charge >= 0.3 is 0 Å². The Morgan fingerprint density at radius 1 is 0.667 bits per heavy atom. The smallest absolute Gasteiger partial charge is 0.123 e. The van der Waals surface area contributed by atoms with Gasteiger partial charge in [0.25, 0.3) is 0 Å². The SMILES string of the molecule is Oc1ccc(C(Cl)(c2c[nH]c3ccccc23)c2c[nH]c3ccccc23)cc1. The lowest BCUT2D eigenvalue weighted by atomic mass is 9.83. The molecule has 5 aromatic rings. The first kappa shape index (κ1) is 16.0. The summed E-state index contributed by atoms with van der Waals surface area (Å²) in [5, 5.41) is 11.9. The average Bonchev–Trinajstić information content (AvgIpc) is 3.33. The number of aromatic hydroxyl groups is 1. The molecular weight excluding hydrogens is 356 g/mol. The Balaban J connectivity index is 1.87. The van der Waals surface area contributed by atoms with E-state index in [1.54, 1.807) is 12.1 Å². The second kappa shape index (κ2) is 5.93. The number of phenols is 1. The van der Waals surface area contributed by atoms with Crippen LogP contribution in [0.15, 0.2) is 85.2 Å². The Hall–Kier alpha value is -3.17. The molecule has 0 aliphatic carbocycles. The molecule has 27 heavy (non-hydrogen) atoms. The summed E-state index contributed by atoms with van der Waals surface area (Å²) in [5.74, 6) is 0.218. The van der Waals surface area contributed by atoms with Gasteiger partial charge in [0, 0.05) is 45.3 Å². The zero-order valence-corrected chi connectivity index (χ0v) is 15.2. The van der Waals surface area contributed by atoms with Crippen LogP contribution in [-0.4, -0.2) is 15.1 Å². The van der Waals surface area contributed by atoms with Crippen LogP contribution in [0.5, 0.6) is 5.75 Å². The number of H-pyrrole nitrogens is 2. The summed E-state index contributed by atoms with van der Waals surface area (Å²) in [6.07, 6.45) is 3.96. The topological polar surface area (TPSA) is 51.8 Å². The Labute approximate surface area is 161 Å². The minimum atomic E-state index is -0.910. The van der Waals surface area contributed by atoms with Crippen molar-refractivity contribution in [2.24, 2.45) is 0 Å². The van der Waals surface area contributed by atoms with Crippen molar-refractivity contribution in [1.29, 1.82) is 0 Å². The predicted molar refractivity (Wildman–Crippen MR) is 110 cm³/mol. The van der Waals surface area contributed by atoms with Gasteiger partial charge in [-0.25, -0.2) is 0 Å². The number of fused-ring (bicyclic) bond motifs is 2. The molecule has 5 rings (SSSR count). The number of aromatic amines is 2. The molecule has 2 heterocycles. The molecule has 3 aromatic carbocycles. The lowest BCUT2D eigenvalue weighted by Crippen LogP contribution is -2.21. The molecule has 0 aliphatic heterocycles. The highest BCUT2D eigenvalue weighted by atomic mass is 35.5. The number of nitrogens with one attached hydrogen (secondary N) is 2. The summed E-state index contributed by atoms with van der Waals surface area (Å²) in [6.45, 7) is 0. The van der Waals surface area contributed by atoms with E-state index in [4.69, 9.17) is 11.6 Å². The molecule has 0 aliphatic rings. The molecule has 0 amide bonds. The van der Waals surface area contributed by atoms with Gasteiger partial charge in [0.1, 0.15) is 10.6 Å². The van der Waals surface area contributed by atoms with Gasteiger partial charge in [-0.2, -0.15) is 0 Å². The Kier molecular flexibility index (Phi) is 3.52. The van der Waals surface area contributed by atoms with Crippen LogP contribution >= 0.6 is 11.6 Å². The third kappa shape index (κ3) is 2.36. The second-order valence-corrected chi connectivity index (χ2v) is 7.27. The first-order chi connectivity index (χ1) is 13.2. The van der Waals surface area contributed by atoms with E-state index in [0.717, 1.165) is 38.5 Å².